The second kappa shape index (κ2) is 17.4. The van der Waals surface area contributed by atoms with Crippen molar-refractivity contribution >= 4 is 50.7 Å². The van der Waals surface area contributed by atoms with Crippen LogP contribution in [0.15, 0.2) is 95.9 Å². The van der Waals surface area contributed by atoms with Gasteiger partial charge in [-0.2, -0.15) is 0 Å². The number of carbonyl (C=O) groups excluding carboxylic acids is 2. The van der Waals surface area contributed by atoms with Crippen molar-refractivity contribution in [3.05, 3.63) is 118 Å². The monoisotopic (exact) mass is 725 g/mol. The molecule has 0 aromatic heterocycles. The topological polar surface area (TPSA) is 105 Å². The summed E-state index contributed by atoms with van der Waals surface area (Å²) in [5.41, 5.74) is 2.41. The molecular formula is C37H41Cl2N3O6S. The van der Waals surface area contributed by atoms with Crippen molar-refractivity contribution in [2.24, 2.45) is 0 Å². The number of halogens is 2. The lowest BCUT2D eigenvalue weighted by Crippen LogP contribution is -2.53. The molecule has 4 aromatic rings. The average molecular weight is 727 g/mol. The van der Waals surface area contributed by atoms with Crippen molar-refractivity contribution in [2.45, 2.75) is 50.6 Å². The number of sulfonamides is 1. The summed E-state index contributed by atoms with van der Waals surface area (Å²) in [6.07, 6.45) is 1.78. The van der Waals surface area contributed by atoms with Gasteiger partial charge in [0.1, 0.15) is 12.6 Å². The number of unbranched alkanes of at least 4 members (excludes halogenated alkanes) is 1. The Morgan fingerprint density at radius 2 is 1.51 bits per heavy atom. The van der Waals surface area contributed by atoms with Gasteiger partial charge in [0, 0.05) is 41.2 Å². The number of benzene rings is 4. The van der Waals surface area contributed by atoms with Gasteiger partial charge in [-0.3, -0.25) is 13.9 Å². The molecule has 0 aliphatic carbocycles. The Morgan fingerprint density at radius 1 is 0.857 bits per heavy atom. The van der Waals surface area contributed by atoms with Crippen LogP contribution in [-0.4, -0.2) is 58.5 Å². The first-order chi connectivity index (χ1) is 23.5. The van der Waals surface area contributed by atoms with Crippen molar-refractivity contribution in [3.8, 4) is 11.5 Å². The smallest absolute Gasteiger partial charge is 0.264 e. The zero-order valence-corrected chi connectivity index (χ0v) is 30.3. The third kappa shape index (κ3) is 9.47. The molecule has 0 saturated carbocycles. The van der Waals surface area contributed by atoms with Gasteiger partial charge >= 0.3 is 0 Å². The number of rotatable bonds is 16. The van der Waals surface area contributed by atoms with Gasteiger partial charge < -0.3 is 19.7 Å². The summed E-state index contributed by atoms with van der Waals surface area (Å²) in [6.45, 7) is 3.53. The van der Waals surface area contributed by atoms with E-state index in [0.717, 1.165) is 28.3 Å². The maximum absolute atomic E-state index is 14.7. The molecular weight excluding hydrogens is 685 g/mol. The molecule has 0 radical (unpaired) electrons. The normalized spacial score (nSPS) is 11.8. The lowest BCUT2D eigenvalue weighted by Gasteiger charge is -2.34. The van der Waals surface area contributed by atoms with E-state index in [1.807, 2.05) is 44.2 Å². The molecule has 2 amide bonds. The highest BCUT2D eigenvalue weighted by Gasteiger charge is 2.35. The van der Waals surface area contributed by atoms with Crippen molar-refractivity contribution < 1.29 is 27.5 Å². The molecule has 0 heterocycles. The molecule has 0 aliphatic heterocycles. The number of nitrogens with one attached hydrogen (secondary N) is 1. The number of nitrogens with zero attached hydrogens (tertiary/aromatic N) is 2. The second-order valence-corrected chi connectivity index (χ2v) is 14.1. The van der Waals surface area contributed by atoms with Crippen LogP contribution in [0.4, 0.5) is 5.69 Å². The standard InChI is InChI=1S/C37H41Cl2N3O6S/c1-5-6-21-40-37(44)33(22-27-11-8-7-9-12-27)41(24-30-31(38)13-10-14-32(30)39)36(43)25-42(28-17-15-26(2)16-18-28)49(45,46)29-19-20-34(47-3)35(23-29)48-4/h7-20,23,33H,5-6,21-22,24-25H2,1-4H3,(H,40,44)/t33-/m1/s1. The largest absolute Gasteiger partial charge is 0.493 e. The average Bonchev–Trinajstić information content (AvgIpc) is 3.10. The van der Waals surface area contributed by atoms with E-state index in [1.54, 1.807) is 42.5 Å². The number of methoxy groups -OCH3 is 2. The van der Waals surface area contributed by atoms with Crippen LogP contribution in [0.25, 0.3) is 0 Å². The van der Waals surface area contributed by atoms with E-state index in [2.05, 4.69) is 5.32 Å². The molecule has 1 atom stereocenters. The van der Waals surface area contributed by atoms with Crippen LogP contribution in [-0.2, 0) is 32.6 Å². The molecule has 0 spiro atoms. The molecule has 0 bridgehead atoms. The van der Waals surface area contributed by atoms with Gasteiger partial charge in [-0.25, -0.2) is 8.42 Å². The number of carbonyl (C=O) groups is 2. The molecule has 260 valence electrons. The fourth-order valence-electron chi connectivity index (χ4n) is 5.26. The molecule has 9 nitrogen and oxygen atoms in total. The molecule has 4 aromatic carbocycles. The number of aryl methyl sites for hydroxylation is 1. The van der Waals surface area contributed by atoms with Crippen molar-refractivity contribution in [1.29, 1.82) is 0 Å². The number of hydrogen-bond acceptors (Lipinski definition) is 6. The molecule has 0 aliphatic rings. The summed E-state index contributed by atoms with van der Waals surface area (Å²) in [5, 5.41) is 3.59. The molecule has 0 saturated heterocycles. The Labute approximate surface area is 298 Å². The van der Waals surface area contributed by atoms with Crippen LogP contribution in [0, 0.1) is 6.92 Å². The fraction of sp³-hybridized carbons (Fsp3) is 0.297. The van der Waals surface area contributed by atoms with E-state index in [0.29, 0.717) is 27.9 Å². The molecule has 12 heteroatoms. The summed E-state index contributed by atoms with van der Waals surface area (Å²) in [7, 11) is -1.51. The minimum Gasteiger partial charge on any atom is -0.493 e. The van der Waals surface area contributed by atoms with Crippen molar-refractivity contribution in [3.63, 3.8) is 0 Å². The predicted molar refractivity (Wildman–Crippen MR) is 194 cm³/mol. The van der Waals surface area contributed by atoms with Gasteiger partial charge in [-0.05, 0) is 55.3 Å². The van der Waals surface area contributed by atoms with E-state index in [9.17, 15) is 18.0 Å². The minimum atomic E-state index is -4.37. The number of amides is 2. The zero-order chi connectivity index (χ0) is 35.6. The SMILES string of the molecule is CCCCNC(=O)[C@@H](Cc1ccccc1)N(Cc1c(Cl)cccc1Cl)C(=O)CN(c1ccc(C)cc1)S(=O)(=O)c1ccc(OC)c(OC)c1. The molecule has 4 rings (SSSR count). The number of hydrogen-bond donors (Lipinski definition) is 1. The summed E-state index contributed by atoms with van der Waals surface area (Å²) >= 11 is 13.2. The first-order valence-electron chi connectivity index (χ1n) is 15.9. The van der Waals surface area contributed by atoms with Crippen LogP contribution in [0.1, 0.15) is 36.5 Å². The fourth-order valence-corrected chi connectivity index (χ4v) is 7.20. The lowest BCUT2D eigenvalue weighted by atomic mass is 10.0. The first-order valence-corrected chi connectivity index (χ1v) is 18.0. The van der Waals surface area contributed by atoms with Crippen LogP contribution in [0.5, 0.6) is 11.5 Å². The van der Waals surface area contributed by atoms with E-state index < -0.39 is 28.5 Å². The van der Waals surface area contributed by atoms with Crippen molar-refractivity contribution in [2.75, 3.05) is 31.6 Å². The summed E-state index contributed by atoms with van der Waals surface area (Å²) in [5.74, 6) is -0.453. The molecule has 49 heavy (non-hydrogen) atoms. The Kier molecular flexibility index (Phi) is 13.4. The maximum Gasteiger partial charge on any atom is 0.264 e. The Morgan fingerprint density at radius 3 is 2.12 bits per heavy atom. The quantitative estimate of drug-likeness (QED) is 0.124. The van der Waals surface area contributed by atoms with E-state index in [1.165, 1.54) is 37.3 Å². The third-order valence-corrected chi connectivity index (χ3v) is 10.5. The van der Waals surface area contributed by atoms with Crippen LogP contribution in [0.3, 0.4) is 0 Å². The second-order valence-electron chi connectivity index (χ2n) is 11.4. The van der Waals surface area contributed by atoms with Crippen molar-refractivity contribution in [1.82, 2.24) is 10.2 Å². The van der Waals surface area contributed by atoms with Gasteiger partial charge in [-0.15, -0.1) is 0 Å². The Hall–Kier alpha value is -4.25. The Balaban J connectivity index is 1.84. The lowest BCUT2D eigenvalue weighted by molar-refractivity contribution is -0.140. The highest BCUT2D eigenvalue weighted by Crippen LogP contribution is 2.33. The highest BCUT2D eigenvalue weighted by molar-refractivity contribution is 7.92. The summed E-state index contributed by atoms with van der Waals surface area (Å²) in [4.78, 5) is 29.9. The summed E-state index contributed by atoms with van der Waals surface area (Å²) in [6, 6.07) is 24.3. The van der Waals surface area contributed by atoms with Gasteiger partial charge in [0.05, 0.1) is 24.8 Å². The highest BCUT2D eigenvalue weighted by atomic mass is 35.5. The minimum absolute atomic E-state index is 0.114. The maximum atomic E-state index is 14.7. The molecule has 0 unspecified atom stereocenters. The Bertz CT molecular complexity index is 1820. The number of anilines is 1. The first kappa shape index (κ1) is 37.6. The summed E-state index contributed by atoms with van der Waals surface area (Å²) < 4.78 is 40.6. The predicted octanol–water partition coefficient (Wildman–Crippen LogP) is 7.07. The van der Waals surface area contributed by atoms with Gasteiger partial charge in [0.2, 0.25) is 11.8 Å². The van der Waals surface area contributed by atoms with E-state index in [4.69, 9.17) is 32.7 Å². The van der Waals surface area contributed by atoms with E-state index >= 15 is 0 Å². The van der Waals surface area contributed by atoms with Crippen LogP contribution in [0.2, 0.25) is 10.0 Å². The van der Waals surface area contributed by atoms with Crippen LogP contribution >= 0.6 is 23.2 Å². The zero-order valence-electron chi connectivity index (χ0n) is 28.0. The van der Waals surface area contributed by atoms with Gasteiger partial charge in [0.25, 0.3) is 10.0 Å². The third-order valence-electron chi connectivity index (χ3n) is 8.03. The number of ether oxygens (including phenoxy) is 2. The van der Waals surface area contributed by atoms with Gasteiger partial charge in [0.15, 0.2) is 11.5 Å². The molecule has 0 fully saturated rings. The van der Waals surface area contributed by atoms with Crippen LogP contribution < -0.4 is 19.1 Å². The van der Waals surface area contributed by atoms with Gasteiger partial charge in [-0.1, -0.05) is 90.6 Å². The molecule has 1 N–H and O–H groups in total. The van der Waals surface area contributed by atoms with E-state index in [-0.39, 0.29) is 35.2 Å².